The summed E-state index contributed by atoms with van der Waals surface area (Å²) in [7, 11) is 0. The molecule has 0 atom stereocenters. The molecule has 13 heteroatoms. The molecule has 0 bridgehead atoms. The van der Waals surface area contributed by atoms with Crippen LogP contribution in [-0.4, -0.2) is 118 Å². The van der Waals surface area contributed by atoms with Gasteiger partial charge in [-0.15, -0.1) is 0 Å². The number of carbonyl (C=O) groups is 6. The number of imide groups is 1. The molecule has 0 unspecified atom stereocenters. The fourth-order valence-electron chi connectivity index (χ4n) is 2.66. The topological polar surface area (TPSA) is 185 Å². The maximum atomic E-state index is 12.1. The smallest absolute Gasteiger partial charge is 0.317 e. The first-order valence-electron chi connectivity index (χ1n) is 8.98. The third-order valence-corrected chi connectivity index (χ3v) is 3.96. The van der Waals surface area contributed by atoms with E-state index in [2.05, 4.69) is 5.32 Å². The summed E-state index contributed by atoms with van der Waals surface area (Å²) in [6, 6.07) is 0. The van der Waals surface area contributed by atoms with Crippen LogP contribution >= 0.6 is 0 Å². The lowest BCUT2D eigenvalue weighted by Crippen LogP contribution is -2.45. The number of hydrogen-bond acceptors (Lipinski definition) is 8. The van der Waals surface area contributed by atoms with E-state index in [1.165, 1.54) is 4.90 Å². The van der Waals surface area contributed by atoms with Crippen LogP contribution in [0.15, 0.2) is 12.2 Å². The highest BCUT2D eigenvalue weighted by molar-refractivity contribution is 6.12. The number of amides is 3. The van der Waals surface area contributed by atoms with Crippen LogP contribution < -0.4 is 5.32 Å². The predicted molar refractivity (Wildman–Crippen MR) is 99.3 cm³/mol. The first-order valence-corrected chi connectivity index (χ1v) is 8.98. The van der Waals surface area contributed by atoms with Crippen LogP contribution in [0.2, 0.25) is 0 Å². The van der Waals surface area contributed by atoms with Gasteiger partial charge in [-0.1, -0.05) is 0 Å². The van der Waals surface area contributed by atoms with Crippen LogP contribution in [0.1, 0.15) is 6.42 Å². The second-order valence-electron chi connectivity index (χ2n) is 6.47. The van der Waals surface area contributed by atoms with Crippen molar-refractivity contribution in [3.05, 3.63) is 12.2 Å². The number of rotatable bonds is 15. The normalized spacial score (nSPS) is 13.3. The van der Waals surface area contributed by atoms with Crippen molar-refractivity contribution >= 4 is 35.6 Å². The molecular formula is C17H24N4O9. The second kappa shape index (κ2) is 12.3. The van der Waals surface area contributed by atoms with Crippen molar-refractivity contribution in [2.45, 2.75) is 6.42 Å². The Morgan fingerprint density at radius 3 is 1.67 bits per heavy atom. The molecule has 0 spiro atoms. The Morgan fingerprint density at radius 2 is 1.23 bits per heavy atom. The Hall–Kier alpha value is -3.32. The van der Waals surface area contributed by atoms with Crippen molar-refractivity contribution in [2.75, 3.05) is 52.4 Å². The maximum absolute atomic E-state index is 12.1. The Kier molecular flexibility index (Phi) is 10.1. The van der Waals surface area contributed by atoms with E-state index in [1.54, 1.807) is 0 Å². The number of aliphatic carboxylic acids is 3. The van der Waals surface area contributed by atoms with Gasteiger partial charge in [0.1, 0.15) is 0 Å². The lowest BCUT2D eigenvalue weighted by atomic mass is 10.3. The molecule has 0 aromatic heterocycles. The summed E-state index contributed by atoms with van der Waals surface area (Å²) in [5.74, 6) is -5.02. The van der Waals surface area contributed by atoms with E-state index in [0.717, 1.165) is 22.0 Å². The summed E-state index contributed by atoms with van der Waals surface area (Å²) in [5.41, 5.74) is 0. The van der Waals surface area contributed by atoms with E-state index in [-0.39, 0.29) is 32.7 Å². The van der Waals surface area contributed by atoms with Gasteiger partial charge in [-0.2, -0.15) is 0 Å². The third kappa shape index (κ3) is 9.75. The highest BCUT2D eigenvalue weighted by Crippen LogP contribution is 2.03. The zero-order valence-electron chi connectivity index (χ0n) is 16.2. The van der Waals surface area contributed by atoms with Crippen molar-refractivity contribution < 1.29 is 44.1 Å². The molecular weight excluding hydrogens is 404 g/mol. The molecule has 3 amide bonds. The summed E-state index contributed by atoms with van der Waals surface area (Å²) in [6.07, 6.45) is 2.63. The molecule has 0 aliphatic carbocycles. The Bertz CT molecular complexity index is 688. The van der Waals surface area contributed by atoms with Crippen molar-refractivity contribution in [2.24, 2.45) is 0 Å². The molecule has 0 aromatic carbocycles. The second-order valence-corrected chi connectivity index (χ2v) is 6.47. The number of carboxylic acids is 3. The summed E-state index contributed by atoms with van der Waals surface area (Å²) < 4.78 is 0. The standard InChI is InChI=1S/C17H24N4O9/c22-12(18-4-1-5-21-13(23)2-3-14(21)24)8-19(9-15(25)26)6-7-20(10-16(27)28)11-17(29)30/h2-3H,1,4-11H2,(H,18,22)(H,25,26)(H,27,28)(H,29,30). The van der Waals surface area contributed by atoms with Gasteiger partial charge >= 0.3 is 17.9 Å². The van der Waals surface area contributed by atoms with Crippen molar-refractivity contribution in [1.29, 1.82) is 0 Å². The van der Waals surface area contributed by atoms with E-state index in [9.17, 15) is 28.8 Å². The van der Waals surface area contributed by atoms with E-state index >= 15 is 0 Å². The highest BCUT2D eigenvalue weighted by atomic mass is 16.4. The molecule has 0 aromatic rings. The van der Waals surface area contributed by atoms with E-state index in [1.807, 2.05) is 0 Å². The van der Waals surface area contributed by atoms with Crippen molar-refractivity contribution in [3.63, 3.8) is 0 Å². The minimum Gasteiger partial charge on any atom is -0.480 e. The molecule has 166 valence electrons. The monoisotopic (exact) mass is 428 g/mol. The molecule has 0 radical (unpaired) electrons. The number of carbonyl (C=O) groups excluding carboxylic acids is 3. The molecule has 1 rings (SSSR count). The largest absolute Gasteiger partial charge is 0.480 e. The van der Waals surface area contributed by atoms with Crippen LogP contribution in [0.3, 0.4) is 0 Å². The van der Waals surface area contributed by atoms with Gasteiger partial charge < -0.3 is 20.6 Å². The molecule has 0 fully saturated rings. The fraction of sp³-hybridized carbons (Fsp3) is 0.529. The SMILES string of the molecule is O=C(O)CN(CCN(CC(=O)O)CC(=O)NCCCN1C(=O)C=CC1=O)CC(=O)O. The maximum Gasteiger partial charge on any atom is 0.317 e. The minimum atomic E-state index is -1.23. The zero-order valence-corrected chi connectivity index (χ0v) is 16.2. The van der Waals surface area contributed by atoms with Crippen LogP contribution in [0.25, 0.3) is 0 Å². The Balaban J connectivity index is 2.45. The van der Waals surface area contributed by atoms with E-state index in [0.29, 0.717) is 6.42 Å². The fourth-order valence-corrected chi connectivity index (χ4v) is 2.66. The average Bonchev–Trinajstić information content (AvgIpc) is 2.93. The summed E-state index contributed by atoms with van der Waals surface area (Å²) in [6.45, 7) is -1.70. The molecule has 1 aliphatic rings. The predicted octanol–water partition coefficient (Wildman–Crippen LogP) is -2.72. The van der Waals surface area contributed by atoms with Gasteiger partial charge in [-0.25, -0.2) is 0 Å². The number of carboxylic acid groups (broad SMARTS) is 3. The molecule has 4 N–H and O–H groups in total. The average molecular weight is 428 g/mol. The summed E-state index contributed by atoms with van der Waals surface area (Å²) >= 11 is 0. The van der Waals surface area contributed by atoms with Gasteiger partial charge in [0.05, 0.1) is 26.2 Å². The molecule has 0 saturated heterocycles. The third-order valence-electron chi connectivity index (χ3n) is 3.96. The first kappa shape index (κ1) is 24.7. The lowest BCUT2D eigenvalue weighted by Gasteiger charge is -2.24. The van der Waals surface area contributed by atoms with Crippen molar-refractivity contribution in [1.82, 2.24) is 20.0 Å². The Labute approximate surface area is 171 Å². The van der Waals surface area contributed by atoms with E-state index in [4.69, 9.17) is 15.3 Å². The highest BCUT2D eigenvalue weighted by Gasteiger charge is 2.22. The molecule has 0 saturated carbocycles. The summed E-state index contributed by atoms with van der Waals surface area (Å²) in [5, 5.41) is 29.2. The first-order chi connectivity index (χ1) is 14.1. The Morgan fingerprint density at radius 1 is 0.800 bits per heavy atom. The number of nitrogens with one attached hydrogen (secondary N) is 1. The molecule has 1 heterocycles. The van der Waals surface area contributed by atoms with Gasteiger partial charge in [0.2, 0.25) is 5.91 Å². The van der Waals surface area contributed by atoms with Crippen LogP contribution in [0.5, 0.6) is 0 Å². The zero-order chi connectivity index (χ0) is 22.7. The molecule has 1 aliphatic heterocycles. The molecule has 13 nitrogen and oxygen atoms in total. The van der Waals surface area contributed by atoms with Crippen molar-refractivity contribution in [3.8, 4) is 0 Å². The van der Waals surface area contributed by atoms with Crippen LogP contribution in [-0.2, 0) is 28.8 Å². The van der Waals surface area contributed by atoms with Crippen LogP contribution in [0, 0.1) is 0 Å². The number of nitrogens with zero attached hydrogens (tertiary/aromatic N) is 3. The van der Waals surface area contributed by atoms with Gasteiger partial charge in [-0.3, -0.25) is 43.5 Å². The quantitative estimate of drug-likeness (QED) is 0.157. The van der Waals surface area contributed by atoms with Gasteiger partial charge in [0.25, 0.3) is 11.8 Å². The van der Waals surface area contributed by atoms with Crippen LogP contribution in [0.4, 0.5) is 0 Å². The number of hydrogen-bond donors (Lipinski definition) is 4. The minimum absolute atomic E-state index is 0.0390. The summed E-state index contributed by atoms with van der Waals surface area (Å²) in [4.78, 5) is 70.9. The van der Waals surface area contributed by atoms with Gasteiger partial charge in [0, 0.05) is 38.3 Å². The van der Waals surface area contributed by atoms with Gasteiger partial charge in [-0.05, 0) is 6.42 Å². The van der Waals surface area contributed by atoms with E-state index < -0.39 is 55.3 Å². The van der Waals surface area contributed by atoms with Gasteiger partial charge in [0.15, 0.2) is 0 Å². The molecule has 30 heavy (non-hydrogen) atoms. The lowest BCUT2D eigenvalue weighted by molar-refractivity contribution is -0.143.